The van der Waals surface area contributed by atoms with Crippen molar-refractivity contribution in [2.75, 3.05) is 26.8 Å². The Balaban J connectivity index is 1.77. The van der Waals surface area contributed by atoms with Crippen LogP contribution in [-0.2, 0) is 22.6 Å². The Labute approximate surface area is 233 Å². The summed E-state index contributed by atoms with van der Waals surface area (Å²) in [6.07, 6.45) is 0.0191. The van der Waals surface area contributed by atoms with E-state index < -0.39 is 30.1 Å². The molecule has 40 heavy (non-hydrogen) atoms. The number of carbonyl (C=O) groups excluding carboxylic acids is 2. The maximum atomic E-state index is 13.8. The van der Waals surface area contributed by atoms with Crippen molar-refractivity contribution in [3.8, 4) is 11.5 Å². The van der Waals surface area contributed by atoms with Gasteiger partial charge in [-0.15, -0.1) is 0 Å². The number of hydrogen-bond donors (Lipinski definition) is 4. The van der Waals surface area contributed by atoms with E-state index in [1.165, 1.54) is 24.1 Å². The fourth-order valence-corrected chi connectivity index (χ4v) is 5.47. The second kappa shape index (κ2) is 12.8. The van der Waals surface area contributed by atoms with Gasteiger partial charge in [-0.25, -0.2) is 4.39 Å². The highest BCUT2D eigenvalue weighted by molar-refractivity contribution is 5.96. The van der Waals surface area contributed by atoms with Crippen LogP contribution in [0.4, 0.5) is 4.39 Å². The molecule has 0 fully saturated rings. The summed E-state index contributed by atoms with van der Waals surface area (Å²) in [6.45, 7) is 3.51. The number of aliphatic hydroxyl groups is 3. The van der Waals surface area contributed by atoms with Crippen molar-refractivity contribution >= 4 is 11.8 Å². The van der Waals surface area contributed by atoms with E-state index in [0.717, 1.165) is 0 Å². The van der Waals surface area contributed by atoms with Gasteiger partial charge in [-0.2, -0.15) is 0 Å². The van der Waals surface area contributed by atoms with E-state index in [0.29, 0.717) is 34.6 Å². The zero-order chi connectivity index (χ0) is 29.0. The fraction of sp³-hybridized carbons (Fsp3) is 0.467. The minimum Gasteiger partial charge on any atom is -0.493 e. The number of carbonyl (C=O) groups is 2. The summed E-state index contributed by atoms with van der Waals surface area (Å²) >= 11 is 0. The van der Waals surface area contributed by atoms with Gasteiger partial charge in [0, 0.05) is 30.6 Å². The van der Waals surface area contributed by atoms with Crippen LogP contribution in [0.3, 0.4) is 0 Å². The lowest BCUT2D eigenvalue weighted by atomic mass is 9.77. The Morgan fingerprint density at radius 2 is 1.95 bits per heavy atom. The van der Waals surface area contributed by atoms with Gasteiger partial charge < -0.3 is 35.0 Å². The van der Waals surface area contributed by atoms with Crippen molar-refractivity contribution in [3.05, 3.63) is 70.6 Å². The van der Waals surface area contributed by atoms with Crippen molar-refractivity contribution in [1.82, 2.24) is 10.2 Å². The average Bonchev–Trinajstić information content (AvgIpc) is 3.32. The molecular weight excluding hydrogens is 519 g/mol. The molecule has 0 bridgehead atoms. The van der Waals surface area contributed by atoms with E-state index in [9.17, 15) is 29.3 Å². The highest BCUT2D eigenvalue weighted by Crippen LogP contribution is 2.51. The summed E-state index contributed by atoms with van der Waals surface area (Å²) in [4.78, 5) is 28.5. The topological polar surface area (TPSA) is 129 Å². The highest BCUT2D eigenvalue weighted by atomic mass is 19.1. The number of hydrogen-bond acceptors (Lipinski definition) is 7. The number of benzene rings is 2. The molecule has 0 saturated carbocycles. The van der Waals surface area contributed by atoms with E-state index in [4.69, 9.17) is 9.47 Å². The first-order valence-electron chi connectivity index (χ1n) is 13.5. The number of rotatable bonds is 11. The SMILES string of the molecule is COc1cc(CO)cc2c1OC1C2C(C(=O)NCCO)=CC(N(CCc2cccc(F)c2)C(=O)CC(C)C)C1O. The number of nitrogens with one attached hydrogen (secondary N) is 1. The maximum absolute atomic E-state index is 13.8. The number of aliphatic hydroxyl groups excluding tert-OH is 3. The smallest absolute Gasteiger partial charge is 0.247 e. The molecule has 2 aromatic carbocycles. The lowest BCUT2D eigenvalue weighted by Crippen LogP contribution is -2.56. The molecule has 4 unspecified atom stereocenters. The van der Waals surface area contributed by atoms with E-state index in [-0.39, 0.29) is 55.9 Å². The van der Waals surface area contributed by atoms with Crippen LogP contribution in [0.5, 0.6) is 11.5 Å². The Morgan fingerprint density at radius 3 is 2.60 bits per heavy atom. The molecule has 0 spiro atoms. The number of nitrogens with zero attached hydrogens (tertiary/aromatic N) is 1. The molecule has 0 aromatic heterocycles. The Bertz CT molecular complexity index is 1260. The molecule has 10 heteroatoms. The minimum atomic E-state index is -1.21. The summed E-state index contributed by atoms with van der Waals surface area (Å²) in [6, 6.07) is 8.57. The van der Waals surface area contributed by atoms with E-state index in [1.807, 2.05) is 13.8 Å². The number of ether oxygens (including phenoxy) is 2. The molecule has 1 aliphatic carbocycles. The van der Waals surface area contributed by atoms with E-state index in [2.05, 4.69) is 5.32 Å². The molecule has 4 atom stereocenters. The average molecular weight is 557 g/mol. The van der Waals surface area contributed by atoms with Gasteiger partial charge in [0.05, 0.1) is 32.3 Å². The molecule has 4 N–H and O–H groups in total. The van der Waals surface area contributed by atoms with Crippen LogP contribution >= 0.6 is 0 Å². The van der Waals surface area contributed by atoms with Crippen LogP contribution in [0.2, 0.25) is 0 Å². The third-order valence-electron chi connectivity index (χ3n) is 7.29. The Kier molecular flexibility index (Phi) is 9.44. The quantitative estimate of drug-likeness (QED) is 0.334. The molecule has 2 amide bonds. The number of methoxy groups -OCH3 is 1. The van der Waals surface area contributed by atoms with Gasteiger partial charge in [0.25, 0.3) is 0 Å². The molecule has 2 aliphatic rings. The second-order valence-corrected chi connectivity index (χ2v) is 10.6. The third kappa shape index (κ3) is 6.14. The molecule has 2 aromatic rings. The van der Waals surface area contributed by atoms with Crippen molar-refractivity contribution in [2.45, 2.75) is 57.5 Å². The van der Waals surface area contributed by atoms with Crippen molar-refractivity contribution in [2.24, 2.45) is 5.92 Å². The number of amides is 2. The van der Waals surface area contributed by atoms with Gasteiger partial charge in [-0.1, -0.05) is 26.0 Å². The predicted octanol–water partition coefficient (Wildman–Crippen LogP) is 2.07. The summed E-state index contributed by atoms with van der Waals surface area (Å²) in [5.74, 6) is -1.01. The standard InChI is InChI=1S/C30H37FN2O7/c1-17(2)11-25(36)33(9-7-18-5-4-6-20(31)12-18)23-15-22(30(38)32-8-10-34)26-21-13-19(16-35)14-24(39-3)28(21)40-29(26)27(23)37/h4-6,12-15,17,23,26-27,29,34-35,37H,7-11,16H2,1-3H3,(H,32,38). The van der Waals surface area contributed by atoms with Crippen molar-refractivity contribution in [1.29, 1.82) is 0 Å². The molecular formula is C30H37FN2O7. The lowest BCUT2D eigenvalue weighted by molar-refractivity contribution is -0.137. The maximum Gasteiger partial charge on any atom is 0.247 e. The summed E-state index contributed by atoms with van der Waals surface area (Å²) in [7, 11) is 1.46. The Morgan fingerprint density at radius 1 is 1.18 bits per heavy atom. The zero-order valence-corrected chi connectivity index (χ0v) is 23.0. The first-order valence-corrected chi connectivity index (χ1v) is 13.5. The van der Waals surface area contributed by atoms with Crippen LogP contribution in [0.15, 0.2) is 48.0 Å². The van der Waals surface area contributed by atoms with Gasteiger partial charge >= 0.3 is 0 Å². The third-order valence-corrected chi connectivity index (χ3v) is 7.29. The van der Waals surface area contributed by atoms with E-state index in [1.54, 1.807) is 30.3 Å². The van der Waals surface area contributed by atoms with Gasteiger partial charge in [0.1, 0.15) is 18.0 Å². The molecule has 4 rings (SSSR count). The van der Waals surface area contributed by atoms with E-state index >= 15 is 0 Å². The van der Waals surface area contributed by atoms with Gasteiger partial charge in [0.15, 0.2) is 11.5 Å². The highest BCUT2D eigenvalue weighted by Gasteiger charge is 2.51. The van der Waals surface area contributed by atoms with Crippen LogP contribution in [0.1, 0.15) is 42.9 Å². The largest absolute Gasteiger partial charge is 0.493 e. The number of halogens is 1. The van der Waals surface area contributed by atoms with Crippen molar-refractivity contribution in [3.63, 3.8) is 0 Å². The van der Waals surface area contributed by atoms with Gasteiger partial charge in [-0.3, -0.25) is 9.59 Å². The first-order chi connectivity index (χ1) is 19.2. The molecule has 216 valence electrons. The Hall–Kier alpha value is -3.47. The van der Waals surface area contributed by atoms with Crippen LogP contribution in [-0.4, -0.2) is 77.1 Å². The number of fused-ring (bicyclic) bond motifs is 3. The lowest BCUT2D eigenvalue weighted by Gasteiger charge is -2.41. The predicted molar refractivity (Wildman–Crippen MR) is 145 cm³/mol. The van der Waals surface area contributed by atoms with Gasteiger partial charge in [-0.05, 0) is 53.8 Å². The molecule has 0 radical (unpaired) electrons. The van der Waals surface area contributed by atoms with Crippen LogP contribution in [0, 0.1) is 11.7 Å². The molecule has 0 saturated heterocycles. The summed E-state index contributed by atoms with van der Waals surface area (Å²) in [5.41, 5.74) is 2.10. The monoisotopic (exact) mass is 556 g/mol. The molecule has 1 aliphatic heterocycles. The van der Waals surface area contributed by atoms with Crippen LogP contribution < -0.4 is 14.8 Å². The second-order valence-electron chi connectivity index (χ2n) is 10.6. The zero-order valence-electron chi connectivity index (χ0n) is 23.0. The summed E-state index contributed by atoms with van der Waals surface area (Å²) in [5, 5.41) is 33.5. The summed E-state index contributed by atoms with van der Waals surface area (Å²) < 4.78 is 25.6. The van der Waals surface area contributed by atoms with Crippen LogP contribution in [0.25, 0.3) is 0 Å². The molecule has 1 heterocycles. The first kappa shape index (κ1) is 29.5. The normalized spacial score (nSPS) is 21.2. The fourth-order valence-electron chi connectivity index (χ4n) is 5.47. The van der Waals surface area contributed by atoms with Gasteiger partial charge in [0.2, 0.25) is 11.8 Å². The molecule has 9 nitrogen and oxygen atoms in total. The van der Waals surface area contributed by atoms with Crippen molar-refractivity contribution < 1.29 is 38.8 Å². The minimum absolute atomic E-state index is 0.0179.